The molecule has 0 N–H and O–H groups in total. The molecule has 0 radical (unpaired) electrons. The van der Waals surface area contributed by atoms with Crippen LogP contribution in [0.2, 0.25) is 0 Å². The first-order chi connectivity index (χ1) is 12.5. The molecule has 0 aliphatic rings. The summed E-state index contributed by atoms with van der Waals surface area (Å²) in [6.45, 7) is 4.74. The van der Waals surface area contributed by atoms with Crippen molar-refractivity contribution in [1.82, 2.24) is 19.7 Å². The third kappa shape index (κ3) is 3.99. The van der Waals surface area contributed by atoms with Crippen molar-refractivity contribution in [2.45, 2.75) is 25.5 Å². The van der Waals surface area contributed by atoms with Gasteiger partial charge in [0, 0.05) is 20.6 Å². The first kappa shape index (κ1) is 18.3. The second kappa shape index (κ2) is 7.78. The summed E-state index contributed by atoms with van der Waals surface area (Å²) in [5.41, 5.74) is 3.59. The van der Waals surface area contributed by atoms with Gasteiger partial charge in [-0.2, -0.15) is 0 Å². The Balaban J connectivity index is 1.60. The zero-order valence-corrected chi connectivity index (χ0v) is 16.2. The molecule has 136 valence electrons. The van der Waals surface area contributed by atoms with Gasteiger partial charge in [0.05, 0.1) is 12.0 Å². The van der Waals surface area contributed by atoms with Crippen LogP contribution in [-0.2, 0) is 18.4 Å². The Hall–Kier alpha value is -2.54. The van der Waals surface area contributed by atoms with Crippen LogP contribution in [0, 0.1) is 13.8 Å². The lowest BCUT2D eigenvalue weighted by Crippen LogP contribution is -2.28. The van der Waals surface area contributed by atoms with Crippen molar-refractivity contribution >= 4 is 17.7 Å². The average Bonchev–Trinajstić information content (AvgIpc) is 3.25. The Morgan fingerprint density at radius 2 is 2.08 bits per heavy atom. The van der Waals surface area contributed by atoms with Crippen LogP contribution in [0.15, 0.2) is 46.2 Å². The van der Waals surface area contributed by atoms with Crippen molar-refractivity contribution in [3.05, 3.63) is 53.3 Å². The van der Waals surface area contributed by atoms with Gasteiger partial charge in [-0.15, -0.1) is 10.2 Å². The molecule has 2 heterocycles. The topological polar surface area (TPSA) is 64.2 Å². The van der Waals surface area contributed by atoms with Gasteiger partial charge in [0.1, 0.15) is 0 Å². The van der Waals surface area contributed by atoms with Crippen molar-refractivity contribution < 1.29 is 9.21 Å². The summed E-state index contributed by atoms with van der Waals surface area (Å²) < 4.78 is 7.19. The summed E-state index contributed by atoms with van der Waals surface area (Å²) in [5, 5.41) is 8.98. The maximum atomic E-state index is 12.5. The zero-order chi connectivity index (χ0) is 18.7. The molecular formula is C19H22N4O2S. The summed E-state index contributed by atoms with van der Waals surface area (Å²) in [6.07, 6.45) is 1.60. The standard InChI is InChI=1S/C19H22N4O2S/c1-13-7-8-15(14(2)10-13)11-22(3)17(24)12-26-19-21-20-18(23(19)4)16-6-5-9-25-16/h5-10H,11-12H2,1-4H3. The van der Waals surface area contributed by atoms with Crippen molar-refractivity contribution in [2.24, 2.45) is 7.05 Å². The van der Waals surface area contributed by atoms with E-state index in [2.05, 4.69) is 42.2 Å². The Kier molecular flexibility index (Phi) is 5.46. The number of carbonyl (C=O) groups is 1. The normalized spacial score (nSPS) is 10.9. The second-order valence-electron chi connectivity index (χ2n) is 6.31. The predicted octanol–water partition coefficient (Wildman–Crippen LogP) is 3.44. The van der Waals surface area contributed by atoms with E-state index in [-0.39, 0.29) is 5.91 Å². The van der Waals surface area contributed by atoms with Crippen LogP contribution in [-0.4, -0.2) is 38.4 Å². The van der Waals surface area contributed by atoms with E-state index in [1.807, 2.05) is 30.8 Å². The minimum Gasteiger partial charge on any atom is -0.461 e. The van der Waals surface area contributed by atoms with Crippen molar-refractivity contribution in [2.75, 3.05) is 12.8 Å². The monoisotopic (exact) mass is 370 g/mol. The lowest BCUT2D eigenvalue weighted by Gasteiger charge is -2.18. The molecular weight excluding hydrogens is 348 g/mol. The summed E-state index contributed by atoms with van der Waals surface area (Å²) >= 11 is 1.38. The van der Waals surface area contributed by atoms with Crippen LogP contribution in [0.1, 0.15) is 16.7 Å². The molecule has 0 aliphatic heterocycles. The fraction of sp³-hybridized carbons (Fsp3) is 0.316. The number of amides is 1. The molecule has 0 atom stereocenters. The molecule has 7 heteroatoms. The maximum Gasteiger partial charge on any atom is 0.233 e. The molecule has 2 aromatic heterocycles. The molecule has 0 spiro atoms. The number of hydrogen-bond donors (Lipinski definition) is 0. The number of aryl methyl sites for hydroxylation is 2. The van der Waals surface area contributed by atoms with Crippen molar-refractivity contribution in [3.8, 4) is 11.6 Å². The number of thioether (sulfide) groups is 1. The molecule has 0 fully saturated rings. The molecule has 0 saturated carbocycles. The molecule has 6 nitrogen and oxygen atoms in total. The van der Waals surface area contributed by atoms with Gasteiger partial charge in [0.15, 0.2) is 16.7 Å². The van der Waals surface area contributed by atoms with Gasteiger partial charge in [-0.1, -0.05) is 35.5 Å². The van der Waals surface area contributed by atoms with Crippen molar-refractivity contribution in [3.63, 3.8) is 0 Å². The van der Waals surface area contributed by atoms with Crippen LogP contribution in [0.5, 0.6) is 0 Å². The first-order valence-corrected chi connectivity index (χ1v) is 9.30. The largest absolute Gasteiger partial charge is 0.461 e. The fourth-order valence-electron chi connectivity index (χ4n) is 2.66. The molecule has 3 aromatic rings. The van der Waals surface area contributed by atoms with E-state index in [1.54, 1.807) is 11.2 Å². The van der Waals surface area contributed by atoms with Crippen LogP contribution >= 0.6 is 11.8 Å². The van der Waals surface area contributed by atoms with Crippen LogP contribution < -0.4 is 0 Å². The highest BCUT2D eigenvalue weighted by molar-refractivity contribution is 7.99. The minimum absolute atomic E-state index is 0.0533. The van der Waals surface area contributed by atoms with E-state index in [9.17, 15) is 4.79 Å². The number of carbonyl (C=O) groups excluding carboxylic acids is 1. The highest BCUT2D eigenvalue weighted by Gasteiger charge is 2.16. The van der Waals surface area contributed by atoms with Gasteiger partial charge in [-0.25, -0.2) is 0 Å². The average molecular weight is 370 g/mol. The number of aromatic nitrogens is 3. The molecule has 1 amide bonds. The van der Waals surface area contributed by atoms with Crippen LogP contribution in [0.4, 0.5) is 0 Å². The Morgan fingerprint density at radius 3 is 2.77 bits per heavy atom. The quantitative estimate of drug-likeness (QED) is 0.622. The summed E-state index contributed by atoms with van der Waals surface area (Å²) in [6, 6.07) is 9.94. The van der Waals surface area contributed by atoms with Gasteiger partial charge in [-0.3, -0.25) is 4.79 Å². The molecule has 0 bridgehead atoms. The number of hydrogen-bond acceptors (Lipinski definition) is 5. The smallest absolute Gasteiger partial charge is 0.233 e. The van der Waals surface area contributed by atoms with Gasteiger partial charge in [0.2, 0.25) is 5.91 Å². The van der Waals surface area contributed by atoms with Crippen LogP contribution in [0.25, 0.3) is 11.6 Å². The van der Waals surface area contributed by atoms with Gasteiger partial charge in [0.25, 0.3) is 0 Å². The third-order valence-corrected chi connectivity index (χ3v) is 5.24. The van der Waals surface area contributed by atoms with Gasteiger partial charge >= 0.3 is 0 Å². The summed E-state index contributed by atoms with van der Waals surface area (Å²) in [7, 11) is 3.69. The molecule has 26 heavy (non-hydrogen) atoms. The Morgan fingerprint density at radius 1 is 1.27 bits per heavy atom. The maximum absolute atomic E-state index is 12.5. The number of rotatable bonds is 6. The molecule has 0 unspecified atom stereocenters. The highest BCUT2D eigenvalue weighted by Crippen LogP contribution is 2.23. The number of benzene rings is 1. The Labute approximate surface area is 157 Å². The van der Waals surface area contributed by atoms with E-state index < -0.39 is 0 Å². The Bertz CT molecular complexity index is 902. The van der Waals surface area contributed by atoms with Crippen LogP contribution in [0.3, 0.4) is 0 Å². The van der Waals surface area contributed by atoms with E-state index in [0.717, 1.165) is 5.56 Å². The van der Waals surface area contributed by atoms with E-state index in [0.29, 0.717) is 29.0 Å². The number of furan rings is 1. The third-order valence-electron chi connectivity index (χ3n) is 4.23. The van der Waals surface area contributed by atoms with E-state index in [4.69, 9.17) is 4.42 Å². The molecule has 1 aromatic carbocycles. The number of nitrogens with zero attached hydrogens (tertiary/aromatic N) is 4. The highest BCUT2D eigenvalue weighted by atomic mass is 32.2. The summed E-state index contributed by atoms with van der Waals surface area (Å²) in [5.74, 6) is 1.67. The lowest BCUT2D eigenvalue weighted by molar-refractivity contribution is -0.127. The minimum atomic E-state index is 0.0533. The SMILES string of the molecule is Cc1ccc(CN(C)C(=O)CSc2nnc(-c3ccco3)n2C)c(C)c1. The lowest BCUT2D eigenvalue weighted by atomic mass is 10.1. The van der Waals surface area contributed by atoms with E-state index in [1.165, 1.54) is 22.9 Å². The van der Waals surface area contributed by atoms with Crippen molar-refractivity contribution in [1.29, 1.82) is 0 Å². The first-order valence-electron chi connectivity index (χ1n) is 8.32. The van der Waals surface area contributed by atoms with Gasteiger partial charge < -0.3 is 13.9 Å². The van der Waals surface area contributed by atoms with Gasteiger partial charge in [-0.05, 0) is 37.1 Å². The fourth-order valence-corrected chi connectivity index (χ4v) is 3.52. The van der Waals surface area contributed by atoms with E-state index >= 15 is 0 Å². The molecule has 0 aliphatic carbocycles. The zero-order valence-electron chi connectivity index (χ0n) is 15.4. The summed E-state index contributed by atoms with van der Waals surface area (Å²) in [4.78, 5) is 14.2. The predicted molar refractivity (Wildman–Crippen MR) is 102 cm³/mol. The second-order valence-corrected chi connectivity index (χ2v) is 7.25. The molecule has 3 rings (SSSR count). The molecule has 0 saturated heterocycles.